The van der Waals surface area contributed by atoms with Crippen molar-refractivity contribution < 1.29 is 14.6 Å². The van der Waals surface area contributed by atoms with Crippen molar-refractivity contribution in [2.75, 3.05) is 18.5 Å². The molecule has 3 heterocycles. The van der Waals surface area contributed by atoms with Crippen LogP contribution in [0.4, 0.5) is 5.82 Å². The molecule has 0 saturated carbocycles. The zero-order valence-corrected chi connectivity index (χ0v) is 11.1. The Balaban J connectivity index is 1.91. The third kappa shape index (κ3) is 2.15. The van der Waals surface area contributed by atoms with E-state index in [2.05, 4.69) is 15.3 Å². The van der Waals surface area contributed by atoms with Crippen LogP contribution in [0.1, 0.15) is 5.56 Å². The average molecular weight is 279 g/mol. The summed E-state index contributed by atoms with van der Waals surface area (Å²) in [6.07, 6.45) is 1.50. The van der Waals surface area contributed by atoms with Crippen LogP contribution in [-0.4, -0.2) is 40.3 Å². The van der Waals surface area contributed by atoms with Gasteiger partial charge < -0.3 is 15.2 Å². The van der Waals surface area contributed by atoms with Crippen molar-refractivity contribution in [3.05, 3.63) is 17.3 Å². The number of anilines is 1. The van der Waals surface area contributed by atoms with E-state index < -0.39 is 11.9 Å². The predicted molar refractivity (Wildman–Crippen MR) is 71.5 cm³/mol. The highest BCUT2D eigenvalue weighted by Crippen LogP contribution is 2.30. The van der Waals surface area contributed by atoms with E-state index >= 15 is 0 Å². The molecule has 0 spiro atoms. The first kappa shape index (κ1) is 12.3. The Hall–Kier alpha value is -1.73. The highest BCUT2D eigenvalue weighted by molar-refractivity contribution is 7.18. The SMILES string of the molecule is Cc1csc2c(NC3COCC3C(=O)O)ncnc12. The molecule has 0 amide bonds. The number of thiophene rings is 1. The first-order valence-electron chi connectivity index (χ1n) is 5.92. The van der Waals surface area contributed by atoms with E-state index in [4.69, 9.17) is 9.84 Å². The molecule has 1 saturated heterocycles. The molecule has 2 aromatic heterocycles. The molecule has 1 fully saturated rings. The summed E-state index contributed by atoms with van der Waals surface area (Å²) in [6.45, 7) is 2.62. The Labute approximate surface area is 113 Å². The van der Waals surface area contributed by atoms with E-state index in [0.29, 0.717) is 12.4 Å². The number of fused-ring (bicyclic) bond motifs is 1. The number of nitrogens with zero attached hydrogens (tertiary/aromatic N) is 2. The second-order valence-corrected chi connectivity index (χ2v) is 5.43. The van der Waals surface area contributed by atoms with Gasteiger partial charge in [0.1, 0.15) is 18.1 Å². The summed E-state index contributed by atoms with van der Waals surface area (Å²) in [5.41, 5.74) is 2.01. The highest BCUT2D eigenvalue weighted by Gasteiger charge is 2.34. The molecule has 0 bridgehead atoms. The molecule has 1 aliphatic heterocycles. The summed E-state index contributed by atoms with van der Waals surface area (Å²) in [5, 5.41) is 14.3. The van der Waals surface area contributed by atoms with E-state index in [1.807, 2.05) is 12.3 Å². The summed E-state index contributed by atoms with van der Waals surface area (Å²) in [6, 6.07) is -0.252. The van der Waals surface area contributed by atoms with E-state index in [9.17, 15) is 4.79 Å². The van der Waals surface area contributed by atoms with Crippen LogP contribution in [0.25, 0.3) is 10.2 Å². The minimum atomic E-state index is -0.845. The average Bonchev–Trinajstić information content (AvgIpc) is 2.98. The van der Waals surface area contributed by atoms with Crippen molar-refractivity contribution in [1.82, 2.24) is 9.97 Å². The van der Waals surface area contributed by atoms with E-state index in [0.717, 1.165) is 15.8 Å². The molecule has 2 N–H and O–H groups in total. The molecule has 6 nitrogen and oxygen atoms in total. The first-order chi connectivity index (χ1) is 9.16. The fourth-order valence-corrected chi connectivity index (χ4v) is 3.14. The molecule has 0 aromatic carbocycles. The van der Waals surface area contributed by atoms with Gasteiger partial charge in [0.05, 0.1) is 29.5 Å². The minimum absolute atomic E-state index is 0.241. The number of hydrogen-bond acceptors (Lipinski definition) is 6. The molecule has 2 unspecified atom stereocenters. The maximum atomic E-state index is 11.1. The van der Waals surface area contributed by atoms with Crippen LogP contribution in [-0.2, 0) is 9.53 Å². The molecule has 3 rings (SSSR count). The van der Waals surface area contributed by atoms with Crippen LogP contribution in [0.15, 0.2) is 11.7 Å². The lowest BCUT2D eigenvalue weighted by Crippen LogP contribution is -2.33. The Morgan fingerprint density at radius 3 is 3.16 bits per heavy atom. The van der Waals surface area contributed by atoms with Crippen LogP contribution in [0.3, 0.4) is 0 Å². The Morgan fingerprint density at radius 2 is 2.37 bits per heavy atom. The van der Waals surface area contributed by atoms with Crippen molar-refractivity contribution in [2.24, 2.45) is 5.92 Å². The summed E-state index contributed by atoms with van der Waals surface area (Å²) < 4.78 is 6.19. The zero-order valence-electron chi connectivity index (χ0n) is 10.3. The fourth-order valence-electron chi connectivity index (χ4n) is 2.19. The van der Waals surface area contributed by atoms with E-state index in [-0.39, 0.29) is 12.6 Å². The van der Waals surface area contributed by atoms with Gasteiger partial charge in [0.25, 0.3) is 0 Å². The maximum absolute atomic E-state index is 11.1. The maximum Gasteiger partial charge on any atom is 0.311 e. The largest absolute Gasteiger partial charge is 0.481 e. The van der Waals surface area contributed by atoms with Crippen LogP contribution in [0, 0.1) is 12.8 Å². The molecule has 19 heavy (non-hydrogen) atoms. The monoisotopic (exact) mass is 279 g/mol. The molecule has 2 aromatic rings. The first-order valence-corrected chi connectivity index (χ1v) is 6.80. The van der Waals surface area contributed by atoms with Gasteiger partial charge in [0.15, 0.2) is 0 Å². The number of rotatable bonds is 3. The lowest BCUT2D eigenvalue weighted by atomic mass is 10.0. The van der Waals surface area contributed by atoms with Gasteiger partial charge in [-0.25, -0.2) is 9.97 Å². The molecular weight excluding hydrogens is 266 g/mol. The lowest BCUT2D eigenvalue weighted by Gasteiger charge is -2.16. The van der Waals surface area contributed by atoms with Gasteiger partial charge in [-0.1, -0.05) is 0 Å². The van der Waals surface area contributed by atoms with Crippen LogP contribution < -0.4 is 5.32 Å². The number of ether oxygens (including phenoxy) is 1. The third-order valence-corrected chi connectivity index (χ3v) is 4.34. The molecule has 1 aliphatic rings. The summed E-state index contributed by atoms with van der Waals surface area (Å²) in [4.78, 5) is 19.6. The van der Waals surface area contributed by atoms with Gasteiger partial charge in [-0.3, -0.25) is 4.79 Å². The molecule has 2 atom stereocenters. The molecular formula is C12H13N3O3S. The molecule has 7 heteroatoms. The summed E-state index contributed by atoms with van der Waals surface area (Å²) in [7, 11) is 0. The minimum Gasteiger partial charge on any atom is -0.481 e. The van der Waals surface area contributed by atoms with Crippen molar-refractivity contribution >= 4 is 33.3 Å². The third-order valence-electron chi connectivity index (χ3n) is 3.25. The summed E-state index contributed by atoms with van der Waals surface area (Å²) >= 11 is 1.56. The number of carboxylic acid groups (broad SMARTS) is 1. The number of aryl methyl sites for hydroxylation is 1. The van der Waals surface area contributed by atoms with E-state index in [1.54, 1.807) is 11.3 Å². The van der Waals surface area contributed by atoms with Gasteiger partial charge in [0.2, 0.25) is 0 Å². The van der Waals surface area contributed by atoms with Gasteiger partial charge in [-0.05, 0) is 17.9 Å². The van der Waals surface area contributed by atoms with Crippen molar-refractivity contribution in [2.45, 2.75) is 13.0 Å². The predicted octanol–water partition coefficient (Wildman–Crippen LogP) is 1.51. The van der Waals surface area contributed by atoms with Crippen LogP contribution in [0.2, 0.25) is 0 Å². The molecule has 0 radical (unpaired) electrons. The quantitative estimate of drug-likeness (QED) is 0.886. The number of nitrogens with one attached hydrogen (secondary N) is 1. The van der Waals surface area contributed by atoms with Gasteiger partial charge >= 0.3 is 5.97 Å². The summed E-state index contributed by atoms with van der Waals surface area (Å²) in [5.74, 6) is -0.696. The topological polar surface area (TPSA) is 84.3 Å². The van der Waals surface area contributed by atoms with Gasteiger partial charge in [-0.2, -0.15) is 0 Å². The Morgan fingerprint density at radius 1 is 1.53 bits per heavy atom. The van der Waals surface area contributed by atoms with Crippen LogP contribution in [0.5, 0.6) is 0 Å². The van der Waals surface area contributed by atoms with E-state index in [1.165, 1.54) is 6.33 Å². The fraction of sp³-hybridized carbons (Fsp3) is 0.417. The number of aromatic nitrogens is 2. The number of aliphatic carboxylic acids is 1. The lowest BCUT2D eigenvalue weighted by molar-refractivity contribution is -0.141. The number of carbonyl (C=O) groups is 1. The smallest absolute Gasteiger partial charge is 0.311 e. The second-order valence-electron chi connectivity index (χ2n) is 4.55. The highest BCUT2D eigenvalue weighted by atomic mass is 32.1. The molecule has 100 valence electrons. The van der Waals surface area contributed by atoms with Gasteiger partial charge in [0, 0.05) is 0 Å². The number of hydrogen-bond donors (Lipinski definition) is 2. The number of carboxylic acids is 1. The standard InChI is InChI=1S/C12H13N3O3S/c1-6-4-19-10-9(6)13-5-14-11(10)15-8-3-18-2-7(8)12(16)17/h4-5,7-8H,2-3H2,1H3,(H,16,17)(H,13,14,15). The molecule has 0 aliphatic carbocycles. The van der Waals surface area contributed by atoms with Gasteiger partial charge in [-0.15, -0.1) is 11.3 Å². The normalized spacial score (nSPS) is 22.8. The van der Waals surface area contributed by atoms with Crippen molar-refractivity contribution in [3.63, 3.8) is 0 Å². The van der Waals surface area contributed by atoms with Crippen LogP contribution >= 0.6 is 11.3 Å². The Kier molecular flexibility index (Phi) is 3.08. The zero-order chi connectivity index (χ0) is 13.4. The second kappa shape index (κ2) is 4.75. The van der Waals surface area contributed by atoms with Crippen molar-refractivity contribution in [1.29, 1.82) is 0 Å². The van der Waals surface area contributed by atoms with Crippen molar-refractivity contribution in [3.8, 4) is 0 Å². The Bertz CT molecular complexity index is 628.